The van der Waals surface area contributed by atoms with Crippen molar-refractivity contribution in [3.8, 4) is 0 Å². The maximum absolute atomic E-state index is 12.3. The molecule has 0 N–H and O–H groups in total. The van der Waals surface area contributed by atoms with Crippen molar-refractivity contribution >= 4 is 11.9 Å². The maximum Gasteiger partial charge on any atom is 0.410 e. The molecule has 1 heterocycles. The van der Waals surface area contributed by atoms with Gasteiger partial charge in [0, 0.05) is 5.56 Å². The van der Waals surface area contributed by atoms with Crippen LogP contribution in [0.2, 0.25) is 0 Å². The molecular formula is C16H23N2O3+. The van der Waals surface area contributed by atoms with Crippen LogP contribution in [-0.2, 0) is 4.74 Å². The number of nitrogens with zero attached hydrogens (tertiary/aromatic N) is 2. The summed E-state index contributed by atoms with van der Waals surface area (Å²) in [4.78, 5) is 25.7. The van der Waals surface area contributed by atoms with Crippen molar-refractivity contribution in [3.05, 3.63) is 35.9 Å². The highest BCUT2D eigenvalue weighted by molar-refractivity contribution is 5.96. The van der Waals surface area contributed by atoms with Gasteiger partial charge in [-0.1, -0.05) is 30.3 Å². The van der Waals surface area contributed by atoms with Crippen LogP contribution in [0.15, 0.2) is 30.3 Å². The van der Waals surface area contributed by atoms with Gasteiger partial charge in [0.2, 0.25) is 5.78 Å². The highest BCUT2D eigenvalue weighted by Crippen LogP contribution is 2.13. The summed E-state index contributed by atoms with van der Waals surface area (Å²) in [5.74, 6) is 0.155. The second-order valence-electron chi connectivity index (χ2n) is 5.70. The zero-order valence-corrected chi connectivity index (χ0v) is 12.7. The van der Waals surface area contributed by atoms with Gasteiger partial charge in [0.15, 0.2) is 0 Å². The molecule has 0 atom stereocenters. The highest BCUT2D eigenvalue weighted by Gasteiger charge is 2.33. The van der Waals surface area contributed by atoms with Crippen LogP contribution in [-0.4, -0.2) is 67.6 Å². The molecule has 1 aliphatic heterocycles. The van der Waals surface area contributed by atoms with Gasteiger partial charge in [-0.2, -0.15) is 0 Å². The van der Waals surface area contributed by atoms with Crippen molar-refractivity contribution in [3.63, 3.8) is 0 Å². The van der Waals surface area contributed by atoms with Crippen molar-refractivity contribution in [2.75, 3.05) is 46.4 Å². The van der Waals surface area contributed by atoms with E-state index in [0.29, 0.717) is 30.7 Å². The van der Waals surface area contributed by atoms with E-state index >= 15 is 0 Å². The second kappa shape index (κ2) is 6.72. The van der Waals surface area contributed by atoms with E-state index in [0.717, 1.165) is 18.7 Å². The summed E-state index contributed by atoms with van der Waals surface area (Å²) < 4.78 is 5.68. The number of Topliss-reactive ketones (excluding diaryl/α,β-unsaturated/α-hetero) is 1. The quantitative estimate of drug-likeness (QED) is 0.627. The Labute approximate surface area is 125 Å². The Bertz CT molecular complexity index is 494. The molecule has 114 valence electrons. The third-order valence-corrected chi connectivity index (χ3v) is 3.97. The van der Waals surface area contributed by atoms with Crippen molar-refractivity contribution in [1.29, 1.82) is 0 Å². The number of rotatable bonds is 4. The first kappa shape index (κ1) is 15.5. The van der Waals surface area contributed by atoms with Gasteiger partial charge in [-0.15, -0.1) is 0 Å². The molecule has 1 saturated heterocycles. The Morgan fingerprint density at radius 1 is 1.19 bits per heavy atom. The molecule has 1 aliphatic rings. The van der Waals surface area contributed by atoms with Crippen LogP contribution in [0.5, 0.6) is 0 Å². The van der Waals surface area contributed by atoms with Gasteiger partial charge in [-0.3, -0.25) is 9.69 Å². The topological polar surface area (TPSA) is 46.6 Å². The Morgan fingerprint density at radius 3 is 2.38 bits per heavy atom. The third kappa shape index (κ3) is 4.04. The highest BCUT2D eigenvalue weighted by atomic mass is 16.6. The van der Waals surface area contributed by atoms with Crippen LogP contribution >= 0.6 is 0 Å². The lowest BCUT2D eigenvalue weighted by Crippen LogP contribution is -2.59. The van der Waals surface area contributed by atoms with Crippen molar-refractivity contribution < 1.29 is 18.8 Å². The van der Waals surface area contributed by atoms with Gasteiger partial charge in [0.25, 0.3) is 0 Å². The lowest BCUT2D eigenvalue weighted by Gasteiger charge is -2.41. The summed E-state index contributed by atoms with van der Waals surface area (Å²) >= 11 is 0. The van der Waals surface area contributed by atoms with E-state index in [1.54, 1.807) is 11.8 Å². The predicted molar refractivity (Wildman–Crippen MR) is 80.2 cm³/mol. The molecule has 0 spiro atoms. The van der Waals surface area contributed by atoms with Crippen molar-refractivity contribution in [2.45, 2.75) is 6.92 Å². The summed E-state index contributed by atoms with van der Waals surface area (Å²) in [6, 6.07) is 9.37. The molecule has 1 amide bonds. The van der Waals surface area contributed by atoms with E-state index in [9.17, 15) is 9.59 Å². The molecule has 5 nitrogen and oxygen atoms in total. The number of hydrogen-bond acceptors (Lipinski definition) is 3. The number of carbonyl (C=O) groups is 2. The summed E-state index contributed by atoms with van der Waals surface area (Å²) in [6.45, 7) is 5.50. The summed E-state index contributed by atoms with van der Waals surface area (Å²) in [5, 5.41) is 0. The molecule has 0 unspecified atom stereocenters. The smallest absolute Gasteiger partial charge is 0.410 e. The van der Waals surface area contributed by atoms with E-state index in [-0.39, 0.29) is 11.9 Å². The lowest BCUT2D eigenvalue weighted by atomic mass is 10.1. The van der Waals surface area contributed by atoms with Gasteiger partial charge >= 0.3 is 6.09 Å². The number of ketones is 1. The number of piperazine rings is 1. The number of hydrogen-bond donors (Lipinski definition) is 0. The van der Waals surface area contributed by atoms with Gasteiger partial charge in [0.1, 0.15) is 6.54 Å². The monoisotopic (exact) mass is 291 g/mol. The molecule has 0 saturated carbocycles. The van der Waals surface area contributed by atoms with E-state index < -0.39 is 0 Å². The number of carbonyl (C=O) groups excluding carboxylic acids is 2. The zero-order valence-electron chi connectivity index (χ0n) is 12.7. The average molecular weight is 291 g/mol. The molecule has 0 aliphatic carbocycles. The fourth-order valence-corrected chi connectivity index (χ4v) is 2.57. The normalized spacial score (nSPS) is 17.3. The zero-order chi connectivity index (χ0) is 15.3. The van der Waals surface area contributed by atoms with Gasteiger partial charge in [0.05, 0.1) is 39.8 Å². The Morgan fingerprint density at radius 2 is 1.81 bits per heavy atom. The van der Waals surface area contributed by atoms with Crippen LogP contribution in [0.3, 0.4) is 0 Å². The number of amides is 1. The minimum absolute atomic E-state index is 0.155. The number of benzene rings is 1. The van der Waals surface area contributed by atoms with E-state index in [4.69, 9.17) is 4.74 Å². The fraction of sp³-hybridized carbons (Fsp3) is 0.500. The molecule has 1 aromatic carbocycles. The standard InChI is InChI=1S/C16H23N2O3/c1-3-21-16(20)17-9-11-18(2,12-10-17)13-15(19)14-7-5-4-6-8-14/h4-8H,3,9-13H2,1-2H3/q+1. The van der Waals surface area contributed by atoms with Crippen LogP contribution in [0, 0.1) is 0 Å². The van der Waals surface area contributed by atoms with E-state index in [1.165, 1.54) is 0 Å². The van der Waals surface area contributed by atoms with Crippen molar-refractivity contribution in [1.82, 2.24) is 4.90 Å². The Kier molecular flexibility index (Phi) is 4.96. The molecule has 1 aromatic rings. The molecule has 0 aromatic heterocycles. The van der Waals surface area contributed by atoms with Gasteiger partial charge < -0.3 is 9.22 Å². The first-order valence-electron chi connectivity index (χ1n) is 7.37. The number of ether oxygens (including phenoxy) is 1. The van der Waals surface area contributed by atoms with Crippen LogP contribution in [0.1, 0.15) is 17.3 Å². The number of likely N-dealkylation sites (N-methyl/N-ethyl adjacent to an activating group) is 1. The summed E-state index contributed by atoms with van der Waals surface area (Å²) in [5.41, 5.74) is 0.754. The third-order valence-electron chi connectivity index (χ3n) is 3.97. The Hall–Kier alpha value is -1.88. The van der Waals surface area contributed by atoms with Crippen LogP contribution < -0.4 is 0 Å². The first-order chi connectivity index (χ1) is 10.0. The molecule has 0 bridgehead atoms. The van der Waals surface area contributed by atoms with Gasteiger partial charge in [-0.05, 0) is 6.92 Å². The summed E-state index contributed by atoms with van der Waals surface area (Å²) in [6.07, 6.45) is -0.252. The van der Waals surface area contributed by atoms with Crippen molar-refractivity contribution in [2.24, 2.45) is 0 Å². The second-order valence-corrected chi connectivity index (χ2v) is 5.70. The predicted octanol–water partition coefficient (Wildman–Crippen LogP) is 1.79. The molecular weight excluding hydrogens is 268 g/mol. The summed E-state index contributed by atoms with van der Waals surface area (Å²) in [7, 11) is 2.07. The molecule has 1 fully saturated rings. The number of quaternary nitrogens is 1. The minimum Gasteiger partial charge on any atom is -0.450 e. The van der Waals surface area contributed by atoms with Gasteiger partial charge in [-0.25, -0.2) is 4.79 Å². The molecule has 21 heavy (non-hydrogen) atoms. The van der Waals surface area contributed by atoms with Crippen LogP contribution in [0.25, 0.3) is 0 Å². The minimum atomic E-state index is -0.252. The lowest BCUT2D eigenvalue weighted by molar-refractivity contribution is -0.905. The van der Waals surface area contributed by atoms with E-state index in [1.807, 2.05) is 30.3 Å². The SMILES string of the molecule is CCOC(=O)N1CC[N+](C)(CC(=O)c2ccccc2)CC1. The Balaban J connectivity index is 1.90. The average Bonchev–Trinajstić information content (AvgIpc) is 2.48. The maximum atomic E-state index is 12.3. The first-order valence-corrected chi connectivity index (χ1v) is 7.37. The molecule has 5 heteroatoms. The molecule has 0 radical (unpaired) electrons. The largest absolute Gasteiger partial charge is 0.450 e. The van der Waals surface area contributed by atoms with E-state index in [2.05, 4.69) is 7.05 Å². The fourth-order valence-electron chi connectivity index (χ4n) is 2.57. The van der Waals surface area contributed by atoms with Crippen LogP contribution in [0.4, 0.5) is 4.79 Å². The molecule has 2 rings (SSSR count).